The summed E-state index contributed by atoms with van der Waals surface area (Å²) >= 11 is 1.60. The van der Waals surface area contributed by atoms with Crippen molar-refractivity contribution >= 4 is 42.1 Å². The van der Waals surface area contributed by atoms with Crippen LogP contribution in [0.25, 0.3) is 11.3 Å². The van der Waals surface area contributed by atoms with Crippen molar-refractivity contribution in [3.8, 4) is 11.3 Å². The second-order valence-electron chi connectivity index (χ2n) is 5.65. The Labute approximate surface area is 166 Å². The number of aromatic nitrogens is 1. The molecule has 1 amide bonds. The molecule has 0 saturated heterocycles. The van der Waals surface area contributed by atoms with Gasteiger partial charge in [0.2, 0.25) is 5.91 Å². The lowest BCUT2D eigenvalue weighted by atomic mass is 10.1. The molecule has 0 aliphatic carbocycles. The average molecular weight is 404 g/mol. The number of carbonyl (C=O) groups excluding carboxylic acids is 1. The molecular weight excluding hydrogens is 377 g/mol. The van der Waals surface area contributed by atoms with Gasteiger partial charge in [-0.1, -0.05) is 36.8 Å². The fourth-order valence-electron chi connectivity index (χ4n) is 2.33. The Balaban J connectivity index is 0.00000288. The summed E-state index contributed by atoms with van der Waals surface area (Å²) in [6, 6.07) is 8.29. The van der Waals surface area contributed by atoms with Crippen LogP contribution in [0.5, 0.6) is 0 Å². The zero-order chi connectivity index (χ0) is 16.7. The van der Waals surface area contributed by atoms with E-state index in [4.69, 9.17) is 0 Å². The molecule has 25 heavy (non-hydrogen) atoms. The molecule has 0 aliphatic heterocycles. The molecule has 0 fully saturated rings. The van der Waals surface area contributed by atoms with Crippen molar-refractivity contribution in [2.45, 2.75) is 33.6 Å². The van der Waals surface area contributed by atoms with Gasteiger partial charge in [-0.05, 0) is 26.8 Å². The highest BCUT2D eigenvalue weighted by Gasteiger charge is 2.14. The molecule has 140 valence electrons. The molecular formula is C18H27Cl2N3OS. The number of carbonyl (C=O) groups is 1. The Kier molecular flexibility index (Phi) is 11.7. The summed E-state index contributed by atoms with van der Waals surface area (Å²) in [7, 11) is 0. The molecule has 0 saturated carbocycles. The van der Waals surface area contributed by atoms with E-state index < -0.39 is 0 Å². The van der Waals surface area contributed by atoms with E-state index in [1.165, 1.54) is 5.56 Å². The Hall–Kier alpha value is -1.14. The van der Waals surface area contributed by atoms with E-state index in [1.54, 1.807) is 11.3 Å². The van der Waals surface area contributed by atoms with Crippen molar-refractivity contribution in [2.75, 3.05) is 19.6 Å². The molecule has 4 nitrogen and oxygen atoms in total. The number of hydrogen-bond acceptors (Lipinski definition) is 4. The average Bonchev–Trinajstić information content (AvgIpc) is 2.88. The summed E-state index contributed by atoms with van der Waals surface area (Å²) in [6.07, 6.45) is 1.50. The van der Waals surface area contributed by atoms with Gasteiger partial charge < -0.3 is 10.6 Å². The molecule has 0 aliphatic rings. The van der Waals surface area contributed by atoms with Gasteiger partial charge in [0.15, 0.2) is 0 Å². The molecule has 1 aromatic heterocycles. The van der Waals surface area contributed by atoms with E-state index >= 15 is 0 Å². The first kappa shape index (κ1) is 23.9. The van der Waals surface area contributed by atoms with Gasteiger partial charge in [-0.25, -0.2) is 4.98 Å². The van der Waals surface area contributed by atoms with Gasteiger partial charge in [0.25, 0.3) is 0 Å². The van der Waals surface area contributed by atoms with Crippen LogP contribution in [-0.4, -0.2) is 30.5 Å². The van der Waals surface area contributed by atoms with Crippen molar-refractivity contribution in [3.63, 3.8) is 0 Å². The minimum Gasteiger partial charge on any atom is -0.355 e. The first-order chi connectivity index (χ1) is 11.1. The zero-order valence-electron chi connectivity index (χ0n) is 14.9. The molecule has 7 heteroatoms. The highest BCUT2D eigenvalue weighted by Crippen LogP contribution is 2.28. The fraction of sp³-hybridized carbons (Fsp3) is 0.444. The summed E-state index contributed by atoms with van der Waals surface area (Å²) < 4.78 is 0. The number of rotatable bonds is 8. The second-order valence-corrected chi connectivity index (χ2v) is 6.94. The Morgan fingerprint density at radius 2 is 1.76 bits per heavy atom. The summed E-state index contributed by atoms with van der Waals surface area (Å²) in [4.78, 5) is 17.8. The number of nitrogens with one attached hydrogen (secondary N) is 2. The molecule has 1 aromatic carbocycles. The van der Waals surface area contributed by atoms with E-state index in [0.29, 0.717) is 13.0 Å². The molecule has 0 spiro atoms. The van der Waals surface area contributed by atoms with Gasteiger partial charge in [-0.15, -0.1) is 36.2 Å². The van der Waals surface area contributed by atoms with E-state index in [2.05, 4.69) is 53.7 Å². The van der Waals surface area contributed by atoms with Crippen molar-refractivity contribution in [1.82, 2.24) is 15.6 Å². The molecule has 0 atom stereocenters. The van der Waals surface area contributed by atoms with Crippen LogP contribution in [-0.2, 0) is 11.2 Å². The Morgan fingerprint density at radius 1 is 1.08 bits per heavy atom. The SMILES string of the molecule is CCCNCCNC(=O)Cc1sc(C)nc1-c1ccc(C)cc1.Cl.Cl. The van der Waals surface area contributed by atoms with E-state index in [0.717, 1.165) is 40.7 Å². The first-order valence-corrected chi connectivity index (χ1v) is 8.92. The quantitative estimate of drug-likeness (QED) is 0.656. The summed E-state index contributed by atoms with van der Waals surface area (Å²) in [5.74, 6) is 0.0558. The van der Waals surface area contributed by atoms with Gasteiger partial charge >= 0.3 is 0 Å². The topological polar surface area (TPSA) is 54.0 Å². The molecule has 2 N–H and O–H groups in total. The summed E-state index contributed by atoms with van der Waals surface area (Å²) in [5.41, 5.74) is 3.23. The maximum Gasteiger partial charge on any atom is 0.225 e. The number of aryl methyl sites for hydroxylation is 2. The predicted octanol–water partition coefficient (Wildman–Crippen LogP) is 3.93. The van der Waals surface area contributed by atoms with Crippen LogP contribution >= 0.6 is 36.2 Å². The van der Waals surface area contributed by atoms with Crippen LogP contribution in [0.4, 0.5) is 0 Å². The standard InChI is InChI=1S/C18H25N3OS.2ClH/c1-4-9-19-10-11-20-17(22)12-16-18(21-14(3)23-16)15-7-5-13(2)6-8-15;;/h5-8,19H,4,9-12H2,1-3H3,(H,20,22);2*1H. The third-order valence-corrected chi connectivity index (χ3v) is 4.47. The fourth-order valence-corrected chi connectivity index (χ4v) is 3.28. The Morgan fingerprint density at radius 3 is 2.40 bits per heavy atom. The van der Waals surface area contributed by atoms with Crippen LogP contribution in [0.15, 0.2) is 24.3 Å². The molecule has 0 unspecified atom stereocenters. The second kappa shape index (κ2) is 12.3. The number of benzene rings is 1. The van der Waals surface area contributed by atoms with Gasteiger partial charge in [0.05, 0.1) is 17.1 Å². The van der Waals surface area contributed by atoms with Gasteiger partial charge in [0.1, 0.15) is 0 Å². The number of hydrogen-bond donors (Lipinski definition) is 2. The number of nitrogens with zero attached hydrogens (tertiary/aromatic N) is 1. The Bertz CT molecular complexity index is 644. The van der Waals surface area contributed by atoms with E-state index in [-0.39, 0.29) is 30.7 Å². The normalized spacial score (nSPS) is 9.88. The van der Waals surface area contributed by atoms with Crippen LogP contribution in [0, 0.1) is 13.8 Å². The predicted molar refractivity (Wildman–Crippen MR) is 111 cm³/mol. The minimum absolute atomic E-state index is 0. The first-order valence-electron chi connectivity index (χ1n) is 8.11. The van der Waals surface area contributed by atoms with E-state index in [1.807, 2.05) is 6.92 Å². The van der Waals surface area contributed by atoms with Crippen molar-refractivity contribution in [1.29, 1.82) is 0 Å². The smallest absolute Gasteiger partial charge is 0.225 e. The molecule has 1 heterocycles. The molecule has 0 bridgehead atoms. The molecule has 2 aromatic rings. The number of thiazole rings is 1. The van der Waals surface area contributed by atoms with Crippen LogP contribution < -0.4 is 10.6 Å². The van der Waals surface area contributed by atoms with Crippen LogP contribution in [0.1, 0.15) is 28.8 Å². The molecule has 2 rings (SSSR count). The summed E-state index contributed by atoms with van der Waals surface area (Å²) in [6.45, 7) is 8.64. The zero-order valence-corrected chi connectivity index (χ0v) is 17.4. The maximum absolute atomic E-state index is 12.1. The third-order valence-electron chi connectivity index (χ3n) is 3.50. The van der Waals surface area contributed by atoms with Gasteiger partial charge in [0, 0.05) is 23.5 Å². The van der Waals surface area contributed by atoms with Crippen LogP contribution in [0.2, 0.25) is 0 Å². The number of halogens is 2. The maximum atomic E-state index is 12.1. The lowest BCUT2D eigenvalue weighted by Gasteiger charge is -2.06. The van der Waals surface area contributed by atoms with Gasteiger partial charge in [-0.3, -0.25) is 4.79 Å². The monoisotopic (exact) mass is 403 g/mol. The van der Waals surface area contributed by atoms with Crippen molar-refractivity contribution in [2.24, 2.45) is 0 Å². The van der Waals surface area contributed by atoms with Crippen molar-refractivity contribution < 1.29 is 4.79 Å². The largest absolute Gasteiger partial charge is 0.355 e. The van der Waals surface area contributed by atoms with Gasteiger partial charge in [-0.2, -0.15) is 0 Å². The van der Waals surface area contributed by atoms with E-state index in [9.17, 15) is 4.79 Å². The minimum atomic E-state index is 0. The highest BCUT2D eigenvalue weighted by atomic mass is 35.5. The highest BCUT2D eigenvalue weighted by molar-refractivity contribution is 7.12. The third kappa shape index (κ3) is 7.74. The molecule has 0 radical (unpaired) electrons. The van der Waals surface area contributed by atoms with Crippen LogP contribution in [0.3, 0.4) is 0 Å². The lowest BCUT2D eigenvalue weighted by molar-refractivity contribution is -0.120. The number of amides is 1. The lowest BCUT2D eigenvalue weighted by Crippen LogP contribution is -2.32. The summed E-state index contributed by atoms with van der Waals surface area (Å²) in [5, 5.41) is 7.23. The van der Waals surface area contributed by atoms with Crippen molar-refractivity contribution in [3.05, 3.63) is 39.7 Å².